The molecule has 4 bridgehead atoms. The zero-order valence-corrected chi connectivity index (χ0v) is 9.45. The van der Waals surface area contributed by atoms with Crippen molar-refractivity contribution < 1.29 is 0 Å². The molecule has 0 aromatic heterocycles. The van der Waals surface area contributed by atoms with E-state index in [1.807, 2.05) is 0 Å². The van der Waals surface area contributed by atoms with Gasteiger partial charge in [0.25, 0.3) is 0 Å². The zero-order valence-electron chi connectivity index (χ0n) is 9.45. The van der Waals surface area contributed by atoms with Crippen LogP contribution in [0.1, 0.15) is 38.5 Å². The molecule has 2 nitrogen and oxygen atoms in total. The number of hydrogen-bond acceptors (Lipinski definition) is 2. The maximum Gasteiger partial charge on any atom is 0.0960 e. The maximum absolute atomic E-state index is 9.25. The molecular formula is C14H16N2. The van der Waals surface area contributed by atoms with Crippen LogP contribution < -0.4 is 0 Å². The molecule has 4 aliphatic rings. The summed E-state index contributed by atoms with van der Waals surface area (Å²) in [5, 5.41) is 18.0. The number of nitriles is 2. The molecule has 0 radical (unpaired) electrons. The smallest absolute Gasteiger partial charge is 0.0960 e. The lowest BCUT2D eigenvalue weighted by Gasteiger charge is -2.56. The Labute approximate surface area is 96.6 Å². The molecule has 0 unspecified atom stereocenters. The average Bonchev–Trinajstić information content (AvgIpc) is 2.23. The summed E-state index contributed by atoms with van der Waals surface area (Å²) in [5.74, 6) is 2.50. The highest BCUT2D eigenvalue weighted by Crippen LogP contribution is 2.62. The van der Waals surface area contributed by atoms with E-state index < -0.39 is 0 Å². The van der Waals surface area contributed by atoms with Crippen LogP contribution in [0.3, 0.4) is 0 Å². The van der Waals surface area contributed by atoms with E-state index in [-0.39, 0.29) is 5.41 Å². The molecular weight excluding hydrogens is 196 g/mol. The van der Waals surface area contributed by atoms with E-state index >= 15 is 0 Å². The van der Waals surface area contributed by atoms with Gasteiger partial charge in [0, 0.05) is 17.1 Å². The van der Waals surface area contributed by atoms with Crippen LogP contribution in [0.4, 0.5) is 0 Å². The standard InChI is InChI=1S/C14H16N2/c15-2-1-13(9-16)14-6-10-3-11(7-14)5-12(4-10)8-14/h1,10-12H,3-8H2/b13-1+. The van der Waals surface area contributed by atoms with Gasteiger partial charge in [-0.2, -0.15) is 10.5 Å². The summed E-state index contributed by atoms with van der Waals surface area (Å²) >= 11 is 0. The van der Waals surface area contributed by atoms with Gasteiger partial charge in [-0.1, -0.05) is 0 Å². The van der Waals surface area contributed by atoms with Crippen molar-refractivity contribution in [2.75, 3.05) is 0 Å². The van der Waals surface area contributed by atoms with Gasteiger partial charge in [0.1, 0.15) is 0 Å². The Balaban J connectivity index is 1.98. The summed E-state index contributed by atoms with van der Waals surface area (Å²) < 4.78 is 0. The largest absolute Gasteiger partial charge is 0.193 e. The highest BCUT2D eigenvalue weighted by molar-refractivity contribution is 5.35. The van der Waals surface area contributed by atoms with Crippen LogP contribution in [-0.2, 0) is 0 Å². The quantitative estimate of drug-likeness (QED) is 0.627. The van der Waals surface area contributed by atoms with Gasteiger partial charge in [0.05, 0.1) is 12.1 Å². The Kier molecular flexibility index (Phi) is 2.08. The Morgan fingerprint density at radius 3 is 1.88 bits per heavy atom. The maximum atomic E-state index is 9.25. The number of rotatable bonds is 1. The van der Waals surface area contributed by atoms with Gasteiger partial charge in [0.2, 0.25) is 0 Å². The second kappa shape index (κ2) is 3.36. The van der Waals surface area contributed by atoms with Crippen molar-refractivity contribution in [1.82, 2.24) is 0 Å². The van der Waals surface area contributed by atoms with Gasteiger partial charge in [-0.25, -0.2) is 0 Å². The Morgan fingerprint density at radius 2 is 1.50 bits per heavy atom. The van der Waals surface area contributed by atoms with E-state index in [0.29, 0.717) is 0 Å². The van der Waals surface area contributed by atoms with Crippen molar-refractivity contribution in [3.8, 4) is 12.1 Å². The van der Waals surface area contributed by atoms with Crippen molar-refractivity contribution in [1.29, 1.82) is 10.5 Å². The number of hydrogen-bond donors (Lipinski definition) is 0. The predicted octanol–water partition coefficient (Wildman–Crippen LogP) is 3.18. The van der Waals surface area contributed by atoms with Crippen LogP contribution in [0.15, 0.2) is 11.6 Å². The number of allylic oxidation sites excluding steroid dienone is 2. The Bertz CT molecular complexity index is 384. The summed E-state index contributed by atoms with van der Waals surface area (Å²) in [7, 11) is 0. The van der Waals surface area contributed by atoms with E-state index in [1.165, 1.54) is 44.6 Å². The topological polar surface area (TPSA) is 47.6 Å². The molecule has 0 saturated heterocycles. The normalized spacial score (nSPS) is 45.1. The fourth-order valence-corrected chi connectivity index (χ4v) is 4.81. The third-order valence-electron chi connectivity index (χ3n) is 4.94. The van der Waals surface area contributed by atoms with Gasteiger partial charge in [-0.3, -0.25) is 0 Å². The summed E-state index contributed by atoms with van der Waals surface area (Å²) in [6.45, 7) is 0. The zero-order chi connectivity index (χ0) is 11.2. The van der Waals surface area contributed by atoms with Crippen LogP contribution in [0.2, 0.25) is 0 Å². The Morgan fingerprint density at radius 1 is 1.00 bits per heavy atom. The van der Waals surface area contributed by atoms with Gasteiger partial charge in [-0.15, -0.1) is 0 Å². The minimum absolute atomic E-state index is 0.0965. The van der Waals surface area contributed by atoms with Gasteiger partial charge in [0.15, 0.2) is 0 Å². The van der Waals surface area contributed by atoms with Crippen LogP contribution in [-0.4, -0.2) is 0 Å². The molecule has 82 valence electrons. The molecule has 4 rings (SSSR count). The van der Waals surface area contributed by atoms with Crippen molar-refractivity contribution in [2.24, 2.45) is 23.2 Å². The molecule has 0 N–H and O–H groups in total. The first-order chi connectivity index (χ1) is 7.75. The van der Waals surface area contributed by atoms with E-state index in [9.17, 15) is 5.26 Å². The summed E-state index contributed by atoms with van der Waals surface area (Å²) in [6, 6.07) is 4.36. The van der Waals surface area contributed by atoms with Crippen LogP contribution >= 0.6 is 0 Å². The molecule has 0 aromatic rings. The monoisotopic (exact) mass is 212 g/mol. The first-order valence-corrected chi connectivity index (χ1v) is 6.26. The molecule has 0 aromatic carbocycles. The van der Waals surface area contributed by atoms with Crippen molar-refractivity contribution in [2.45, 2.75) is 38.5 Å². The lowest BCUT2D eigenvalue weighted by molar-refractivity contribution is -0.0280. The molecule has 0 spiro atoms. The van der Waals surface area contributed by atoms with Gasteiger partial charge in [-0.05, 0) is 56.3 Å². The first-order valence-electron chi connectivity index (χ1n) is 6.26. The fourth-order valence-electron chi connectivity index (χ4n) is 4.81. The summed E-state index contributed by atoms with van der Waals surface area (Å²) in [6.07, 6.45) is 9.15. The minimum atomic E-state index is 0.0965. The van der Waals surface area contributed by atoms with E-state index in [2.05, 4.69) is 12.1 Å². The molecule has 0 heterocycles. The van der Waals surface area contributed by atoms with Crippen molar-refractivity contribution >= 4 is 0 Å². The lowest BCUT2D eigenvalue weighted by atomic mass is 9.48. The molecule has 0 aliphatic heterocycles. The average molecular weight is 212 g/mol. The minimum Gasteiger partial charge on any atom is -0.193 e. The van der Waals surface area contributed by atoms with Crippen molar-refractivity contribution in [3.63, 3.8) is 0 Å². The lowest BCUT2D eigenvalue weighted by Crippen LogP contribution is -2.46. The molecule has 4 aliphatic carbocycles. The summed E-state index contributed by atoms with van der Waals surface area (Å²) in [4.78, 5) is 0. The van der Waals surface area contributed by atoms with Crippen LogP contribution in [0.25, 0.3) is 0 Å². The van der Waals surface area contributed by atoms with E-state index in [4.69, 9.17) is 5.26 Å². The predicted molar refractivity (Wildman–Crippen MR) is 59.9 cm³/mol. The third kappa shape index (κ3) is 1.30. The molecule has 4 saturated carbocycles. The van der Waals surface area contributed by atoms with E-state index in [0.717, 1.165) is 23.3 Å². The first kappa shape index (κ1) is 9.91. The summed E-state index contributed by atoms with van der Waals surface area (Å²) in [5.41, 5.74) is 0.869. The molecule has 2 heteroatoms. The van der Waals surface area contributed by atoms with Crippen LogP contribution in [0, 0.1) is 45.8 Å². The third-order valence-corrected chi connectivity index (χ3v) is 4.94. The second-order valence-corrected chi connectivity index (χ2v) is 6.00. The highest BCUT2D eigenvalue weighted by Gasteiger charge is 2.52. The van der Waals surface area contributed by atoms with Crippen LogP contribution in [0.5, 0.6) is 0 Å². The molecule has 4 fully saturated rings. The Hall–Kier alpha value is -1.28. The second-order valence-electron chi connectivity index (χ2n) is 6.00. The molecule has 16 heavy (non-hydrogen) atoms. The van der Waals surface area contributed by atoms with Gasteiger partial charge < -0.3 is 0 Å². The number of nitrogens with zero attached hydrogens (tertiary/aromatic N) is 2. The van der Waals surface area contributed by atoms with Gasteiger partial charge >= 0.3 is 0 Å². The fraction of sp³-hybridized carbons (Fsp3) is 0.714. The molecule has 0 atom stereocenters. The SMILES string of the molecule is N#C/C=C(\C#N)C12CC3CC(CC(C3)C1)C2. The highest BCUT2D eigenvalue weighted by atomic mass is 14.6. The molecule has 0 amide bonds. The van der Waals surface area contributed by atoms with E-state index in [1.54, 1.807) is 0 Å². The van der Waals surface area contributed by atoms with Crippen molar-refractivity contribution in [3.05, 3.63) is 11.6 Å².